The number of thiazole rings is 1. The second kappa shape index (κ2) is 8.64. The van der Waals surface area contributed by atoms with Gasteiger partial charge in [0.1, 0.15) is 23.3 Å². The smallest absolute Gasteiger partial charge is 0.301 e. The number of hydrogen-bond acceptors (Lipinski definition) is 7. The summed E-state index contributed by atoms with van der Waals surface area (Å²) in [7, 11) is 3.12. The van der Waals surface area contributed by atoms with Crippen molar-refractivity contribution in [2.75, 3.05) is 19.1 Å². The second-order valence-corrected chi connectivity index (χ2v) is 8.53. The molecule has 0 saturated carbocycles. The topological polar surface area (TPSA) is 89.0 Å². The molecule has 0 bridgehead atoms. The van der Waals surface area contributed by atoms with Gasteiger partial charge < -0.3 is 14.6 Å². The van der Waals surface area contributed by atoms with Gasteiger partial charge in [-0.15, -0.1) is 11.3 Å². The molecule has 1 N–H and O–H groups in total. The molecule has 3 aromatic carbocycles. The van der Waals surface area contributed by atoms with Crippen LogP contribution in [0, 0.1) is 0 Å². The zero-order valence-corrected chi connectivity index (χ0v) is 19.2. The van der Waals surface area contributed by atoms with E-state index in [1.807, 2.05) is 24.3 Å². The maximum Gasteiger partial charge on any atom is 0.301 e. The number of ketones is 1. The fourth-order valence-corrected chi connectivity index (χ4v) is 4.87. The summed E-state index contributed by atoms with van der Waals surface area (Å²) in [6.45, 7) is 0. The van der Waals surface area contributed by atoms with E-state index in [4.69, 9.17) is 9.47 Å². The van der Waals surface area contributed by atoms with E-state index in [-0.39, 0.29) is 11.3 Å². The van der Waals surface area contributed by atoms with Gasteiger partial charge in [-0.3, -0.25) is 14.5 Å². The number of aliphatic hydroxyl groups excluding tert-OH is 1. The first-order chi connectivity index (χ1) is 16.5. The third-order valence-corrected chi connectivity index (χ3v) is 6.59. The van der Waals surface area contributed by atoms with Crippen LogP contribution in [0.3, 0.4) is 0 Å². The molecule has 8 heteroatoms. The molecule has 1 aliphatic rings. The predicted molar refractivity (Wildman–Crippen MR) is 130 cm³/mol. The first kappa shape index (κ1) is 21.7. The lowest BCUT2D eigenvalue weighted by molar-refractivity contribution is -0.132. The van der Waals surface area contributed by atoms with Gasteiger partial charge in [-0.1, -0.05) is 36.4 Å². The number of Topliss-reactive ketones (excluding diaryl/α,β-unsaturated/α-hetero) is 1. The molecule has 1 atom stereocenters. The van der Waals surface area contributed by atoms with Gasteiger partial charge in [-0.05, 0) is 35.0 Å². The second-order valence-electron chi connectivity index (χ2n) is 7.65. The number of benzene rings is 3. The number of fused-ring (bicyclic) bond motifs is 1. The van der Waals surface area contributed by atoms with Crippen LogP contribution < -0.4 is 14.4 Å². The number of amides is 1. The minimum Gasteiger partial charge on any atom is -0.507 e. The van der Waals surface area contributed by atoms with Gasteiger partial charge in [0, 0.05) is 22.7 Å². The van der Waals surface area contributed by atoms with Crippen molar-refractivity contribution in [2.24, 2.45) is 0 Å². The van der Waals surface area contributed by atoms with Crippen molar-refractivity contribution in [3.8, 4) is 11.5 Å². The number of hydrogen-bond donors (Lipinski definition) is 1. The molecule has 1 aromatic heterocycles. The first-order valence-corrected chi connectivity index (χ1v) is 11.3. The molecule has 1 amide bonds. The van der Waals surface area contributed by atoms with E-state index >= 15 is 0 Å². The van der Waals surface area contributed by atoms with Crippen LogP contribution in [0.2, 0.25) is 0 Å². The number of methoxy groups -OCH3 is 2. The molecular formula is C26H20N2O5S. The molecule has 4 aromatic rings. The predicted octanol–water partition coefficient (Wildman–Crippen LogP) is 4.94. The quantitative estimate of drug-likeness (QED) is 0.251. The molecule has 170 valence electrons. The fourth-order valence-electron chi connectivity index (χ4n) is 4.20. The third-order valence-electron chi connectivity index (χ3n) is 5.82. The Morgan fingerprint density at radius 3 is 2.50 bits per heavy atom. The summed E-state index contributed by atoms with van der Waals surface area (Å²) in [5.41, 5.74) is 0.985. The molecule has 0 spiro atoms. The summed E-state index contributed by atoms with van der Waals surface area (Å²) in [5, 5.41) is 15.2. The molecule has 34 heavy (non-hydrogen) atoms. The van der Waals surface area contributed by atoms with Gasteiger partial charge in [0.25, 0.3) is 5.78 Å². The molecule has 2 heterocycles. The molecular weight excluding hydrogens is 452 g/mol. The van der Waals surface area contributed by atoms with Crippen molar-refractivity contribution < 1.29 is 24.2 Å². The van der Waals surface area contributed by atoms with Crippen molar-refractivity contribution in [1.29, 1.82) is 0 Å². The van der Waals surface area contributed by atoms with Gasteiger partial charge in [0.05, 0.1) is 19.8 Å². The van der Waals surface area contributed by atoms with Gasteiger partial charge in [0.2, 0.25) is 0 Å². The molecule has 0 aliphatic carbocycles. The summed E-state index contributed by atoms with van der Waals surface area (Å²) in [6.07, 6.45) is 1.57. The fraction of sp³-hybridized carbons (Fsp3) is 0.115. The SMILES string of the molecule is COc1ccc2cc(/C(O)=C3\C(=O)C(=O)N(c4nccs4)C3c3ccccc3OC)ccc2c1. The van der Waals surface area contributed by atoms with Crippen LogP contribution in [0.25, 0.3) is 16.5 Å². The van der Waals surface area contributed by atoms with Crippen molar-refractivity contribution in [3.63, 3.8) is 0 Å². The minimum absolute atomic E-state index is 0.0161. The summed E-state index contributed by atoms with van der Waals surface area (Å²) in [5.74, 6) is -0.579. The van der Waals surface area contributed by atoms with E-state index < -0.39 is 17.7 Å². The highest BCUT2D eigenvalue weighted by Gasteiger charge is 2.48. The van der Waals surface area contributed by atoms with Gasteiger partial charge in [-0.2, -0.15) is 0 Å². The summed E-state index contributed by atoms with van der Waals surface area (Å²) in [4.78, 5) is 32.0. The molecule has 1 saturated heterocycles. The lowest BCUT2D eigenvalue weighted by atomic mass is 9.94. The number of rotatable bonds is 5. The Morgan fingerprint density at radius 1 is 1.00 bits per heavy atom. The average Bonchev–Trinajstić information content (AvgIpc) is 3.49. The van der Waals surface area contributed by atoms with Crippen molar-refractivity contribution in [2.45, 2.75) is 6.04 Å². The number of ether oxygens (including phenoxy) is 2. The van der Waals surface area contributed by atoms with Crippen LogP contribution in [-0.2, 0) is 9.59 Å². The highest BCUT2D eigenvalue weighted by molar-refractivity contribution is 7.14. The van der Waals surface area contributed by atoms with Gasteiger partial charge >= 0.3 is 5.91 Å². The van der Waals surface area contributed by atoms with E-state index in [0.717, 1.165) is 16.5 Å². The van der Waals surface area contributed by atoms with Crippen molar-refractivity contribution >= 4 is 44.7 Å². The molecule has 1 fully saturated rings. The van der Waals surface area contributed by atoms with Crippen LogP contribution in [0.4, 0.5) is 5.13 Å². The van der Waals surface area contributed by atoms with Crippen molar-refractivity contribution in [1.82, 2.24) is 4.98 Å². The Kier molecular flexibility index (Phi) is 5.51. The highest BCUT2D eigenvalue weighted by atomic mass is 32.1. The summed E-state index contributed by atoms with van der Waals surface area (Å²) >= 11 is 1.24. The zero-order valence-electron chi connectivity index (χ0n) is 18.4. The van der Waals surface area contributed by atoms with Crippen molar-refractivity contribution in [3.05, 3.63) is 88.9 Å². The third kappa shape index (κ3) is 3.48. The number of para-hydroxylation sites is 1. The van der Waals surface area contributed by atoms with Gasteiger partial charge in [-0.25, -0.2) is 4.98 Å². The van der Waals surface area contributed by atoms with Crippen LogP contribution in [0.15, 0.2) is 77.8 Å². The number of nitrogens with zero attached hydrogens (tertiary/aromatic N) is 2. The monoisotopic (exact) mass is 472 g/mol. The van der Waals surface area contributed by atoms with Crippen LogP contribution >= 0.6 is 11.3 Å². The molecule has 0 radical (unpaired) electrons. The van der Waals surface area contributed by atoms with E-state index in [0.29, 0.717) is 22.0 Å². The summed E-state index contributed by atoms with van der Waals surface area (Å²) < 4.78 is 10.8. The Labute approximate surface area is 199 Å². The normalized spacial score (nSPS) is 17.4. The maximum absolute atomic E-state index is 13.3. The number of anilines is 1. The van der Waals surface area contributed by atoms with E-state index in [1.165, 1.54) is 23.3 Å². The summed E-state index contributed by atoms with van der Waals surface area (Å²) in [6, 6.07) is 17.1. The lowest BCUT2D eigenvalue weighted by Crippen LogP contribution is -2.29. The maximum atomic E-state index is 13.3. The standard InChI is InChI=1S/C26H20N2O5S/c1-32-18-10-9-15-13-17(8-7-16(15)14-18)23(29)21-22(19-5-3-4-6-20(19)33-2)28(25(31)24(21)30)26-27-11-12-34-26/h3-14,22,29H,1-2H3/b23-21+. The Bertz CT molecular complexity index is 1440. The first-order valence-electron chi connectivity index (χ1n) is 10.4. The number of aromatic nitrogens is 1. The molecule has 5 rings (SSSR count). The number of carbonyl (C=O) groups is 2. The molecule has 7 nitrogen and oxygen atoms in total. The lowest BCUT2D eigenvalue weighted by Gasteiger charge is -2.24. The van der Waals surface area contributed by atoms with Crippen LogP contribution in [-0.4, -0.2) is 36.0 Å². The molecule has 1 unspecified atom stereocenters. The Morgan fingerprint density at radius 2 is 1.76 bits per heavy atom. The van der Waals surface area contributed by atoms with Gasteiger partial charge in [0.15, 0.2) is 5.13 Å². The van der Waals surface area contributed by atoms with E-state index in [9.17, 15) is 14.7 Å². The largest absolute Gasteiger partial charge is 0.507 e. The van der Waals surface area contributed by atoms with E-state index in [1.54, 1.807) is 55.1 Å². The minimum atomic E-state index is -0.895. The number of carbonyl (C=O) groups excluding carboxylic acids is 2. The average molecular weight is 473 g/mol. The number of aliphatic hydroxyl groups is 1. The molecule has 1 aliphatic heterocycles. The Balaban J connectivity index is 1.72. The highest BCUT2D eigenvalue weighted by Crippen LogP contribution is 2.45. The van der Waals surface area contributed by atoms with Crippen LogP contribution in [0.5, 0.6) is 11.5 Å². The van der Waals surface area contributed by atoms with Crippen LogP contribution in [0.1, 0.15) is 17.2 Å². The van der Waals surface area contributed by atoms with E-state index in [2.05, 4.69) is 4.98 Å². The zero-order chi connectivity index (χ0) is 23.8. The Hall–Kier alpha value is -4.17.